The first kappa shape index (κ1) is 21.2. The summed E-state index contributed by atoms with van der Waals surface area (Å²) in [6, 6.07) is 5.25. The molecule has 0 aromatic heterocycles. The number of amides is 1. The predicted octanol–water partition coefficient (Wildman–Crippen LogP) is 7.54. The molecule has 24 heavy (non-hydrogen) atoms. The van der Waals surface area contributed by atoms with Gasteiger partial charge in [-0.25, -0.2) is 0 Å². The molecule has 0 aliphatic rings. The van der Waals surface area contributed by atoms with Crippen molar-refractivity contribution in [2.24, 2.45) is 0 Å². The molecule has 0 saturated heterocycles. The fraction of sp³-hybridized carbons (Fsp3) is 0.650. The van der Waals surface area contributed by atoms with Crippen LogP contribution in [0.15, 0.2) is 23.1 Å². The van der Waals surface area contributed by atoms with Crippen molar-refractivity contribution in [2.45, 2.75) is 88.9 Å². The molecular formula is C20H31ClNOS. The number of hydrogen-bond donors (Lipinski definition) is 1. The first-order valence-corrected chi connectivity index (χ1v) is 10.2. The quantitative estimate of drug-likeness (QED) is 0.358. The summed E-state index contributed by atoms with van der Waals surface area (Å²) in [5.41, 5.74) is 0.724. The zero-order valence-electron chi connectivity index (χ0n) is 14.9. The molecule has 1 rings (SSSR count). The van der Waals surface area contributed by atoms with Crippen molar-refractivity contribution < 1.29 is 4.79 Å². The van der Waals surface area contributed by atoms with E-state index in [4.69, 9.17) is 24.2 Å². The minimum absolute atomic E-state index is 0.0547. The van der Waals surface area contributed by atoms with Gasteiger partial charge < -0.3 is 5.32 Å². The zero-order valence-corrected chi connectivity index (χ0v) is 16.5. The Labute approximate surface area is 158 Å². The molecule has 1 aromatic rings. The maximum absolute atomic E-state index is 11.9. The molecule has 0 saturated carbocycles. The highest BCUT2D eigenvalue weighted by molar-refractivity contribution is 7.80. The summed E-state index contributed by atoms with van der Waals surface area (Å²) in [5, 5.41) is 3.39. The van der Waals surface area contributed by atoms with Crippen molar-refractivity contribution >= 4 is 35.8 Å². The van der Waals surface area contributed by atoms with Crippen molar-refractivity contribution in [1.82, 2.24) is 0 Å². The van der Waals surface area contributed by atoms with E-state index in [2.05, 4.69) is 12.2 Å². The predicted molar refractivity (Wildman–Crippen MR) is 107 cm³/mol. The van der Waals surface area contributed by atoms with E-state index in [1.807, 2.05) is 0 Å². The molecule has 0 aliphatic heterocycles. The van der Waals surface area contributed by atoms with Crippen molar-refractivity contribution in [3.63, 3.8) is 0 Å². The van der Waals surface area contributed by atoms with Crippen LogP contribution in [-0.2, 0) is 4.79 Å². The average Bonchev–Trinajstić information content (AvgIpc) is 2.56. The maximum Gasteiger partial charge on any atom is 0.224 e. The first-order valence-electron chi connectivity index (χ1n) is 9.40. The highest BCUT2D eigenvalue weighted by atomic mass is 35.5. The maximum atomic E-state index is 11.9. The molecule has 1 N–H and O–H groups in total. The Bertz CT molecular complexity index is 479. The molecule has 0 fully saturated rings. The highest BCUT2D eigenvalue weighted by Crippen LogP contribution is 2.23. The molecule has 135 valence electrons. The van der Waals surface area contributed by atoms with Crippen LogP contribution in [-0.4, -0.2) is 5.91 Å². The van der Waals surface area contributed by atoms with Gasteiger partial charge in [-0.05, 0) is 24.6 Å². The lowest BCUT2D eigenvalue weighted by Gasteiger charge is -2.06. The SMILES string of the molecule is CCCCCCCCCCCCCC(=O)Nc1ccc([S])c(Cl)c1. The Morgan fingerprint density at radius 3 is 2.04 bits per heavy atom. The molecular weight excluding hydrogens is 338 g/mol. The fourth-order valence-corrected chi connectivity index (χ4v) is 3.06. The van der Waals surface area contributed by atoms with Gasteiger partial charge in [0, 0.05) is 12.1 Å². The van der Waals surface area contributed by atoms with Gasteiger partial charge in [0.2, 0.25) is 5.91 Å². The summed E-state index contributed by atoms with van der Waals surface area (Å²) < 4.78 is 0. The van der Waals surface area contributed by atoms with Crippen LogP contribution < -0.4 is 5.32 Å². The van der Waals surface area contributed by atoms with Crippen LogP contribution >= 0.6 is 24.2 Å². The Morgan fingerprint density at radius 2 is 1.50 bits per heavy atom. The van der Waals surface area contributed by atoms with Crippen LogP contribution in [0, 0.1) is 0 Å². The molecule has 1 radical (unpaired) electrons. The summed E-state index contributed by atoms with van der Waals surface area (Å²) in [6.07, 6.45) is 14.8. The smallest absolute Gasteiger partial charge is 0.224 e. The minimum atomic E-state index is 0.0547. The van der Waals surface area contributed by atoms with Gasteiger partial charge in [-0.15, -0.1) is 0 Å². The summed E-state index contributed by atoms with van der Waals surface area (Å²) in [5.74, 6) is 0.0547. The molecule has 4 heteroatoms. The van der Waals surface area contributed by atoms with Gasteiger partial charge >= 0.3 is 0 Å². The van der Waals surface area contributed by atoms with Gasteiger partial charge in [0.25, 0.3) is 0 Å². The monoisotopic (exact) mass is 368 g/mol. The van der Waals surface area contributed by atoms with E-state index in [0.29, 0.717) is 16.3 Å². The van der Waals surface area contributed by atoms with Crippen LogP contribution in [0.3, 0.4) is 0 Å². The Morgan fingerprint density at radius 1 is 0.958 bits per heavy atom. The number of nitrogens with one attached hydrogen (secondary N) is 1. The van der Waals surface area contributed by atoms with Gasteiger partial charge in [0.05, 0.1) is 9.92 Å². The molecule has 0 aliphatic carbocycles. The summed E-state index contributed by atoms with van der Waals surface area (Å²) >= 11 is 11.0. The Balaban J connectivity index is 1.97. The molecule has 0 unspecified atom stereocenters. The highest BCUT2D eigenvalue weighted by Gasteiger charge is 2.04. The number of hydrogen-bond acceptors (Lipinski definition) is 1. The Hall–Kier alpha value is -0.800. The lowest BCUT2D eigenvalue weighted by Crippen LogP contribution is -2.10. The van der Waals surface area contributed by atoms with E-state index in [9.17, 15) is 4.79 Å². The summed E-state index contributed by atoms with van der Waals surface area (Å²) in [4.78, 5) is 12.5. The van der Waals surface area contributed by atoms with Crippen LogP contribution in [0.2, 0.25) is 5.02 Å². The van der Waals surface area contributed by atoms with Gasteiger partial charge in [-0.3, -0.25) is 4.79 Å². The van der Waals surface area contributed by atoms with Gasteiger partial charge in [0.1, 0.15) is 0 Å². The minimum Gasteiger partial charge on any atom is -0.326 e. The van der Waals surface area contributed by atoms with Crippen LogP contribution in [0.1, 0.15) is 84.0 Å². The second kappa shape index (κ2) is 13.5. The van der Waals surface area contributed by atoms with E-state index in [1.165, 1.54) is 57.8 Å². The lowest BCUT2D eigenvalue weighted by atomic mass is 10.1. The number of halogens is 1. The molecule has 2 nitrogen and oxygen atoms in total. The van der Waals surface area contributed by atoms with Crippen LogP contribution in [0.4, 0.5) is 5.69 Å². The van der Waals surface area contributed by atoms with Gasteiger partial charge in [-0.1, -0.05) is 95.4 Å². The third kappa shape index (κ3) is 10.1. The molecule has 0 atom stereocenters. The number of rotatable bonds is 13. The largest absolute Gasteiger partial charge is 0.326 e. The van der Waals surface area contributed by atoms with E-state index in [-0.39, 0.29) is 5.91 Å². The number of benzene rings is 1. The standard InChI is InChI=1S/C20H31ClNOS/c1-2-3-4-5-6-7-8-9-10-11-12-13-20(23)22-17-14-15-19(24)18(21)16-17/h14-16H,2-13H2,1H3,(H,22,23). The number of carbonyl (C=O) groups excluding carboxylic acids is 1. The normalized spacial score (nSPS) is 10.8. The van der Waals surface area contributed by atoms with Crippen LogP contribution in [0.25, 0.3) is 0 Å². The summed E-state index contributed by atoms with van der Waals surface area (Å²) in [6.45, 7) is 2.26. The molecule has 0 bridgehead atoms. The van der Waals surface area contributed by atoms with Crippen molar-refractivity contribution in [1.29, 1.82) is 0 Å². The van der Waals surface area contributed by atoms with E-state index < -0.39 is 0 Å². The van der Waals surface area contributed by atoms with E-state index in [0.717, 1.165) is 18.5 Å². The lowest BCUT2D eigenvalue weighted by molar-refractivity contribution is -0.116. The van der Waals surface area contributed by atoms with Crippen molar-refractivity contribution in [2.75, 3.05) is 5.32 Å². The molecule has 1 aromatic carbocycles. The number of carbonyl (C=O) groups is 1. The molecule has 1 amide bonds. The third-order valence-corrected chi connectivity index (χ3v) is 5.00. The van der Waals surface area contributed by atoms with Gasteiger partial charge in [0.15, 0.2) is 0 Å². The second-order valence-corrected chi connectivity index (χ2v) is 7.33. The third-order valence-electron chi connectivity index (χ3n) is 4.22. The van der Waals surface area contributed by atoms with Crippen LogP contribution in [0.5, 0.6) is 0 Å². The van der Waals surface area contributed by atoms with Gasteiger partial charge in [-0.2, -0.15) is 0 Å². The zero-order chi connectivity index (χ0) is 17.6. The number of anilines is 1. The van der Waals surface area contributed by atoms with Crippen molar-refractivity contribution in [3.8, 4) is 0 Å². The molecule has 0 spiro atoms. The first-order chi connectivity index (χ1) is 11.6. The average molecular weight is 369 g/mol. The van der Waals surface area contributed by atoms with E-state index in [1.54, 1.807) is 18.2 Å². The molecule has 0 heterocycles. The summed E-state index contributed by atoms with van der Waals surface area (Å²) in [7, 11) is 0. The topological polar surface area (TPSA) is 29.1 Å². The van der Waals surface area contributed by atoms with Crippen molar-refractivity contribution in [3.05, 3.63) is 23.2 Å². The second-order valence-electron chi connectivity index (χ2n) is 6.48. The van der Waals surface area contributed by atoms with E-state index >= 15 is 0 Å². The number of unbranched alkanes of at least 4 members (excludes halogenated alkanes) is 10. The Kier molecular flexibility index (Phi) is 11.9. The fourth-order valence-electron chi connectivity index (χ4n) is 2.75.